The van der Waals surface area contributed by atoms with Crippen LogP contribution in [0.2, 0.25) is 0 Å². The summed E-state index contributed by atoms with van der Waals surface area (Å²) in [5, 5.41) is -0.460. The summed E-state index contributed by atoms with van der Waals surface area (Å²) in [6, 6.07) is 18.0. The Morgan fingerprint density at radius 2 is 1.50 bits per heavy atom. The molecule has 3 atom stereocenters. The fourth-order valence-corrected chi connectivity index (χ4v) is 8.58. The Bertz CT molecular complexity index is 1870. The quantitative estimate of drug-likeness (QED) is 0.101. The lowest BCUT2D eigenvalue weighted by molar-refractivity contribution is -0.144. The third-order valence-electron chi connectivity index (χ3n) is 8.31. The zero-order valence-electron chi connectivity index (χ0n) is 30.4. The van der Waals surface area contributed by atoms with Gasteiger partial charge in [0.15, 0.2) is 15.6 Å². The summed E-state index contributed by atoms with van der Waals surface area (Å²) in [4.78, 5) is 68.3. The first-order valence-corrected chi connectivity index (χ1v) is 18.6. The van der Waals surface area contributed by atoms with Crippen molar-refractivity contribution >= 4 is 61.2 Å². The van der Waals surface area contributed by atoms with Gasteiger partial charge >= 0.3 is 26.0 Å². The van der Waals surface area contributed by atoms with Crippen LogP contribution < -0.4 is 24.7 Å². The molecule has 2 aliphatic rings. The van der Waals surface area contributed by atoms with Crippen molar-refractivity contribution in [3.63, 3.8) is 0 Å². The second-order valence-electron chi connectivity index (χ2n) is 13.2. The molecule has 0 saturated carbocycles. The lowest BCUT2D eigenvalue weighted by Crippen LogP contribution is -2.64. The molecule has 284 valence electrons. The molecule has 3 amide bonds. The fourth-order valence-electron chi connectivity index (χ4n) is 5.44. The van der Waals surface area contributed by atoms with Gasteiger partial charge in [0.1, 0.15) is 41.7 Å². The van der Waals surface area contributed by atoms with Crippen LogP contribution in [0.1, 0.15) is 42.3 Å². The molecule has 2 fully saturated rings. The minimum atomic E-state index is -1.37. The summed E-state index contributed by atoms with van der Waals surface area (Å²) >= 11 is 2.13. The zero-order chi connectivity index (χ0) is 39.2. The van der Waals surface area contributed by atoms with Gasteiger partial charge in [0.25, 0.3) is 5.78 Å². The van der Waals surface area contributed by atoms with E-state index in [2.05, 4.69) is 4.65 Å². The van der Waals surface area contributed by atoms with Crippen molar-refractivity contribution in [1.82, 2.24) is 9.80 Å². The van der Waals surface area contributed by atoms with E-state index in [1.165, 1.54) is 23.1 Å². The van der Waals surface area contributed by atoms with Crippen molar-refractivity contribution in [2.24, 2.45) is 5.73 Å². The van der Waals surface area contributed by atoms with Crippen molar-refractivity contribution in [3.05, 3.63) is 83.4 Å². The summed E-state index contributed by atoms with van der Waals surface area (Å²) in [6.45, 7) is 4.73. The van der Waals surface area contributed by atoms with Gasteiger partial charge in [-0.05, 0) is 74.4 Å². The van der Waals surface area contributed by atoms with Crippen LogP contribution in [0.4, 0.5) is 4.79 Å². The number of carbonyl (C=O) groups is 5. The molecule has 2 radical (unpaired) electrons. The van der Waals surface area contributed by atoms with E-state index in [4.69, 9.17) is 37.5 Å². The van der Waals surface area contributed by atoms with Crippen LogP contribution in [0.15, 0.2) is 66.7 Å². The molecule has 1 unspecified atom stereocenters. The number of hydrogen-bond donors (Lipinski definition) is 1. The van der Waals surface area contributed by atoms with E-state index in [-0.39, 0.29) is 49.3 Å². The molecule has 17 heteroatoms. The normalized spacial score (nSPS) is 18.9. The van der Waals surface area contributed by atoms with E-state index in [9.17, 15) is 24.0 Å². The van der Waals surface area contributed by atoms with Gasteiger partial charge in [-0.15, -0.1) is 23.5 Å². The molecule has 2 heterocycles. The lowest BCUT2D eigenvalue weighted by Gasteiger charge is -2.38. The van der Waals surface area contributed by atoms with Crippen LogP contribution in [0.25, 0.3) is 0 Å². The van der Waals surface area contributed by atoms with E-state index in [1.807, 2.05) is 24.3 Å². The van der Waals surface area contributed by atoms with Gasteiger partial charge in [0.05, 0.1) is 20.8 Å². The molecule has 2 N–H and O–H groups in total. The number of thioether (sulfide) groups is 2. The number of nitrogens with two attached hydrogens (primary N) is 1. The SMILES string of the molecule is [B]OC(=O)[C@@]1(SCCN(C(=O)OC(C)(C)C)C(=O)C(=O)c2ccc(OCc3ccc(OC)cc3)c(OCc3ccc(OC)cc3)c2)CN2C(=O)[C@@H](N)C2S1. The maximum Gasteiger partial charge on any atom is 0.417 e. The molecule has 0 spiro atoms. The molecule has 0 bridgehead atoms. The lowest BCUT2D eigenvalue weighted by atomic mass is 10.1. The van der Waals surface area contributed by atoms with E-state index >= 15 is 0 Å². The number of Topliss-reactive ketones (excluding diaryl/α,β-unsaturated/α-hetero) is 1. The summed E-state index contributed by atoms with van der Waals surface area (Å²) in [5.41, 5.74) is 6.48. The molecule has 0 aliphatic carbocycles. The van der Waals surface area contributed by atoms with Gasteiger partial charge in [-0.2, -0.15) is 0 Å². The molecular weight excluding hydrogens is 737 g/mol. The molecule has 0 aromatic heterocycles. The molecule has 3 aromatic rings. The Balaban J connectivity index is 1.36. The first-order chi connectivity index (χ1) is 25.7. The number of ether oxygens (including phenoxy) is 5. The Hall–Kier alpha value is -4.87. The van der Waals surface area contributed by atoms with Gasteiger partial charge in [-0.25, -0.2) is 9.69 Å². The molecule has 2 aliphatic heterocycles. The second-order valence-corrected chi connectivity index (χ2v) is 16.3. The average molecular weight is 778 g/mol. The molecule has 14 nitrogen and oxygen atoms in total. The summed E-state index contributed by atoms with van der Waals surface area (Å²) in [5.74, 6) is -1.53. The van der Waals surface area contributed by atoms with Crippen LogP contribution in [0.5, 0.6) is 23.0 Å². The summed E-state index contributed by atoms with van der Waals surface area (Å²) in [7, 11) is 8.38. The number of rotatable bonds is 15. The van der Waals surface area contributed by atoms with Crippen LogP contribution in [-0.2, 0) is 37.0 Å². The number of imide groups is 1. The highest BCUT2D eigenvalue weighted by molar-refractivity contribution is 8.20. The topological polar surface area (TPSA) is 173 Å². The molecule has 2 saturated heterocycles. The second kappa shape index (κ2) is 17.1. The number of carbonyl (C=O) groups excluding carboxylic acids is 5. The van der Waals surface area contributed by atoms with Gasteiger partial charge < -0.3 is 39.0 Å². The highest BCUT2D eigenvalue weighted by Crippen LogP contribution is 2.52. The van der Waals surface area contributed by atoms with Gasteiger partial charge in [-0.3, -0.25) is 19.2 Å². The third-order valence-corrected chi connectivity index (χ3v) is 11.6. The smallest absolute Gasteiger partial charge is 0.417 e. The third kappa shape index (κ3) is 9.25. The zero-order valence-corrected chi connectivity index (χ0v) is 32.0. The number of nitrogens with zero attached hydrogens (tertiary/aromatic N) is 2. The van der Waals surface area contributed by atoms with Gasteiger partial charge in [-0.1, -0.05) is 24.3 Å². The highest BCUT2D eigenvalue weighted by Gasteiger charge is 2.61. The predicted octanol–water partition coefficient (Wildman–Crippen LogP) is 4.11. The van der Waals surface area contributed by atoms with Crippen molar-refractivity contribution in [2.75, 3.05) is 33.1 Å². The van der Waals surface area contributed by atoms with E-state index in [0.717, 1.165) is 34.7 Å². The number of β-lactam (4-membered cyclic amide) rings is 1. The summed E-state index contributed by atoms with van der Waals surface area (Å²) in [6.07, 6.45) is -1.06. The van der Waals surface area contributed by atoms with Crippen LogP contribution in [0, 0.1) is 0 Å². The minimum absolute atomic E-state index is 0.0406. The Morgan fingerprint density at radius 1 is 0.926 bits per heavy atom. The van der Waals surface area contributed by atoms with E-state index in [0.29, 0.717) is 22.1 Å². The molecule has 3 aromatic carbocycles. The molecule has 5 rings (SSSR count). The standard InChI is InChI=1S/C37H40BN3O11S2/c1-36(2,3)51-35(46)40(16-17-53-37(34(45)52-38)21-41-31(43)29(39)33(41)54-37)32(44)30(42)24-10-15-27(49-19-22-6-11-25(47-4)12-7-22)28(18-24)50-20-23-8-13-26(48-5)14-9-23/h6-15,18,29,33H,16-17,19-21,39H2,1-5H3/t29-,33?,37-/m1/s1. The number of ketones is 1. The van der Waals surface area contributed by atoms with Crippen molar-refractivity contribution in [3.8, 4) is 23.0 Å². The van der Waals surface area contributed by atoms with Crippen molar-refractivity contribution < 1.29 is 52.3 Å². The van der Waals surface area contributed by atoms with Crippen LogP contribution in [-0.4, -0.2) is 102 Å². The number of amides is 3. The van der Waals surface area contributed by atoms with Crippen molar-refractivity contribution in [2.45, 2.75) is 55.1 Å². The predicted molar refractivity (Wildman–Crippen MR) is 201 cm³/mol. The minimum Gasteiger partial charge on any atom is -0.542 e. The van der Waals surface area contributed by atoms with Gasteiger partial charge in [0.2, 0.25) is 5.91 Å². The first-order valence-electron chi connectivity index (χ1n) is 16.7. The largest absolute Gasteiger partial charge is 0.542 e. The summed E-state index contributed by atoms with van der Waals surface area (Å²) < 4.78 is 31.3. The van der Waals surface area contributed by atoms with E-state index in [1.54, 1.807) is 59.3 Å². The Labute approximate surface area is 322 Å². The molecular formula is C37H40BN3O11S2. The van der Waals surface area contributed by atoms with Gasteiger partial charge in [0, 0.05) is 17.9 Å². The van der Waals surface area contributed by atoms with Crippen molar-refractivity contribution in [1.29, 1.82) is 0 Å². The average Bonchev–Trinajstić information content (AvgIpc) is 3.53. The maximum atomic E-state index is 13.9. The Kier molecular flexibility index (Phi) is 12.8. The maximum absolute atomic E-state index is 13.9. The number of benzene rings is 3. The Morgan fingerprint density at radius 3 is 2.02 bits per heavy atom. The highest BCUT2D eigenvalue weighted by atomic mass is 32.2. The van der Waals surface area contributed by atoms with Crippen LogP contribution in [0.3, 0.4) is 0 Å². The number of methoxy groups -OCH3 is 2. The number of hydrogen-bond acceptors (Lipinski definition) is 14. The fraction of sp³-hybridized carbons (Fsp3) is 0.378. The first kappa shape index (κ1) is 40.3. The van der Waals surface area contributed by atoms with E-state index < -0.39 is 44.8 Å². The van der Waals surface area contributed by atoms with Crippen LogP contribution >= 0.6 is 23.5 Å². The molecule has 54 heavy (non-hydrogen) atoms. The number of fused-ring (bicyclic) bond motifs is 1. The monoisotopic (exact) mass is 777 g/mol.